The van der Waals surface area contributed by atoms with Gasteiger partial charge in [0.05, 0.1) is 24.8 Å². The van der Waals surface area contributed by atoms with E-state index in [2.05, 4.69) is 35.9 Å². The number of hydrogen-bond acceptors (Lipinski definition) is 9. The van der Waals surface area contributed by atoms with Gasteiger partial charge in [-0.2, -0.15) is 4.80 Å². The number of alkyl halides is 1. The molecule has 33 heavy (non-hydrogen) atoms. The molecule has 0 spiro atoms. The molecule has 5 rings (SSSR count). The van der Waals surface area contributed by atoms with Crippen molar-refractivity contribution >= 4 is 5.82 Å². The minimum Gasteiger partial charge on any atom is -0.507 e. The molecular formula is C22H28FN9O. The Labute approximate surface area is 195 Å². The van der Waals surface area contributed by atoms with Crippen LogP contribution in [-0.2, 0) is 7.05 Å². The fourth-order valence-electron chi connectivity index (χ4n) is 5.16. The van der Waals surface area contributed by atoms with Crippen LogP contribution >= 0.6 is 0 Å². The van der Waals surface area contributed by atoms with Gasteiger partial charge in [0.2, 0.25) is 5.82 Å². The molecule has 1 aromatic carbocycles. The summed E-state index contributed by atoms with van der Waals surface area (Å²) in [6, 6.07) is 3.80. The molecule has 4 heterocycles. The molecule has 4 atom stereocenters. The van der Waals surface area contributed by atoms with Crippen LogP contribution in [0.3, 0.4) is 0 Å². The van der Waals surface area contributed by atoms with Crippen molar-refractivity contribution in [2.45, 2.75) is 62.8 Å². The summed E-state index contributed by atoms with van der Waals surface area (Å²) in [4.78, 5) is 6.61. The van der Waals surface area contributed by atoms with Crippen molar-refractivity contribution in [1.29, 1.82) is 0 Å². The maximum Gasteiger partial charge on any atom is 0.205 e. The molecule has 0 unspecified atom stereocenters. The third-order valence-corrected chi connectivity index (χ3v) is 6.75. The van der Waals surface area contributed by atoms with Crippen molar-refractivity contribution in [3.05, 3.63) is 24.4 Å². The topological polar surface area (TPSA) is 118 Å². The van der Waals surface area contributed by atoms with E-state index in [1.54, 1.807) is 19.2 Å². The number of phenols is 1. The largest absolute Gasteiger partial charge is 0.507 e. The van der Waals surface area contributed by atoms with E-state index in [1.807, 2.05) is 13.8 Å². The van der Waals surface area contributed by atoms with Crippen LogP contribution < -0.4 is 10.2 Å². The lowest BCUT2D eigenvalue weighted by atomic mass is 9.68. The number of piperidine rings is 2. The smallest absolute Gasteiger partial charge is 0.205 e. The summed E-state index contributed by atoms with van der Waals surface area (Å²) in [5, 5.41) is 34.0. The number of phenolic OH excluding ortho intramolecular Hbond substituents is 1. The average Bonchev–Trinajstić information content (AvgIpc) is 3.23. The molecule has 11 heteroatoms. The number of anilines is 1. The molecule has 0 amide bonds. The molecule has 2 aliphatic heterocycles. The molecule has 2 bridgehead atoms. The molecule has 0 radical (unpaired) electrons. The van der Waals surface area contributed by atoms with Crippen molar-refractivity contribution in [3.8, 4) is 28.5 Å². The molecule has 3 aromatic rings. The first kappa shape index (κ1) is 18.2. The Bertz CT molecular complexity index is 1270. The highest BCUT2D eigenvalue weighted by Gasteiger charge is 2.53. The minimum atomic E-state index is -2.65. The zero-order chi connectivity index (χ0) is 25.9. The normalized spacial score (nSPS) is 30.8. The Kier molecular flexibility index (Phi) is 4.25. The van der Waals surface area contributed by atoms with Crippen LogP contribution in [0.5, 0.6) is 5.75 Å². The number of nitrogens with one attached hydrogen (secondary N) is 1. The first-order valence-corrected chi connectivity index (χ1v) is 10.9. The lowest BCUT2D eigenvalue weighted by Gasteiger charge is -2.56. The third kappa shape index (κ3) is 3.79. The summed E-state index contributed by atoms with van der Waals surface area (Å²) in [7, 11) is 1.64. The molecule has 0 aliphatic carbocycles. The van der Waals surface area contributed by atoms with Gasteiger partial charge < -0.3 is 15.3 Å². The number of halogens is 1. The quantitative estimate of drug-likeness (QED) is 0.609. The second-order valence-corrected chi connectivity index (χ2v) is 9.47. The van der Waals surface area contributed by atoms with Gasteiger partial charge in [0.1, 0.15) is 11.9 Å². The van der Waals surface area contributed by atoms with Gasteiger partial charge in [0.15, 0.2) is 11.6 Å². The average molecular weight is 457 g/mol. The van der Waals surface area contributed by atoms with Gasteiger partial charge in [-0.1, -0.05) is 6.07 Å². The second-order valence-electron chi connectivity index (χ2n) is 9.47. The van der Waals surface area contributed by atoms with Crippen LogP contribution in [-0.4, -0.2) is 70.8 Å². The molecule has 2 aromatic heterocycles. The molecule has 174 valence electrons. The second kappa shape index (κ2) is 7.68. The maximum atomic E-state index is 15.8. The van der Waals surface area contributed by atoms with E-state index >= 15 is 4.39 Å². The van der Waals surface area contributed by atoms with Crippen LogP contribution in [0.2, 0.25) is 0 Å². The summed E-state index contributed by atoms with van der Waals surface area (Å²) in [6.45, 7) is 1.17. The van der Waals surface area contributed by atoms with Crippen molar-refractivity contribution in [3.63, 3.8) is 0 Å². The molecule has 0 saturated carbocycles. The molecule has 10 nitrogen and oxygen atoms in total. The van der Waals surface area contributed by atoms with E-state index in [1.165, 1.54) is 17.1 Å². The Morgan fingerprint density at radius 1 is 1.24 bits per heavy atom. The van der Waals surface area contributed by atoms with Crippen LogP contribution in [0, 0.1) is 0 Å². The van der Waals surface area contributed by atoms with Crippen LogP contribution in [0.1, 0.15) is 43.6 Å². The van der Waals surface area contributed by atoms with Crippen LogP contribution in [0.15, 0.2) is 24.4 Å². The zero-order valence-corrected chi connectivity index (χ0v) is 18.7. The number of nitrogens with zero attached hydrogens (tertiary/aromatic N) is 8. The SMILES string of the molecule is [2H]C([2H])([2H])N(c1cnc(-c2ccc(-c3nnn(C)n3)cc2O)nn1)[C@@H]1C[C@@]2(C)CCC[C@](C)(N2)[C@@H]1F. The van der Waals surface area contributed by atoms with Gasteiger partial charge in [-0.05, 0) is 56.9 Å². The number of aryl methyl sites for hydroxylation is 1. The van der Waals surface area contributed by atoms with Crippen molar-refractivity contribution in [2.24, 2.45) is 7.05 Å². The van der Waals surface area contributed by atoms with Gasteiger partial charge in [0.25, 0.3) is 0 Å². The molecule has 2 aliphatic rings. The first-order chi connectivity index (χ1) is 16.9. The number of rotatable bonds is 4. The van der Waals surface area contributed by atoms with Crippen molar-refractivity contribution in [2.75, 3.05) is 11.9 Å². The van der Waals surface area contributed by atoms with E-state index in [9.17, 15) is 5.11 Å². The zero-order valence-electron chi connectivity index (χ0n) is 21.7. The van der Waals surface area contributed by atoms with Gasteiger partial charge in [-0.25, -0.2) is 9.37 Å². The highest BCUT2D eigenvalue weighted by molar-refractivity contribution is 5.69. The molecule has 2 fully saturated rings. The summed E-state index contributed by atoms with van der Waals surface area (Å²) in [6.07, 6.45) is 2.48. The van der Waals surface area contributed by atoms with E-state index < -0.39 is 24.7 Å². The molecule has 2 N–H and O–H groups in total. The fraction of sp³-hybridized carbons (Fsp3) is 0.545. The number of fused-ring (bicyclic) bond motifs is 2. The number of hydrogen-bond donors (Lipinski definition) is 2. The number of aromatic hydroxyl groups is 1. The van der Waals surface area contributed by atoms with Gasteiger partial charge in [-0.3, -0.25) is 0 Å². The summed E-state index contributed by atoms with van der Waals surface area (Å²) >= 11 is 0. The Hall–Kier alpha value is -3.21. The Balaban J connectivity index is 1.46. The minimum absolute atomic E-state index is 0.0431. The van der Waals surface area contributed by atoms with Gasteiger partial charge in [0, 0.05) is 27.7 Å². The van der Waals surface area contributed by atoms with Gasteiger partial charge in [-0.15, -0.1) is 20.4 Å². The van der Waals surface area contributed by atoms with Crippen LogP contribution in [0.4, 0.5) is 10.2 Å². The summed E-state index contributed by atoms with van der Waals surface area (Å²) < 4.78 is 40.3. The number of tetrazole rings is 1. The lowest BCUT2D eigenvalue weighted by Crippen LogP contribution is -2.72. The lowest BCUT2D eigenvalue weighted by molar-refractivity contribution is 0.00193. The molecule has 2 saturated heterocycles. The maximum absolute atomic E-state index is 15.8. The molecular weight excluding hydrogens is 425 g/mol. The summed E-state index contributed by atoms with van der Waals surface area (Å²) in [5.74, 6) is 0.270. The Morgan fingerprint density at radius 3 is 2.76 bits per heavy atom. The first-order valence-electron chi connectivity index (χ1n) is 12.4. The third-order valence-electron chi connectivity index (χ3n) is 6.75. The Morgan fingerprint density at radius 2 is 2.09 bits per heavy atom. The van der Waals surface area contributed by atoms with E-state index in [0.717, 1.165) is 17.7 Å². The van der Waals surface area contributed by atoms with Crippen LogP contribution in [0.25, 0.3) is 22.8 Å². The monoisotopic (exact) mass is 456 g/mol. The van der Waals surface area contributed by atoms with E-state index in [4.69, 9.17) is 4.11 Å². The standard InChI is InChI=1S/C22H28FN9O/c1-21-8-5-9-22(2,29-21)18(23)15(11-21)31(3)17-12-24-20(26-25-17)14-7-6-13(10-16(14)33)19-27-30-32(4)28-19/h6-7,10,12,15,18,29,33H,5,8-9,11H2,1-4H3/t15-,18-,21-,22+/m1/s1/i3D3. The fourth-order valence-corrected chi connectivity index (χ4v) is 5.16. The van der Waals surface area contributed by atoms with Gasteiger partial charge >= 0.3 is 0 Å². The summed E-state index contributed by atoms with van der Waals surface area (Å²) in [5.41, 5.74) is -0.362. The predicted molar refractivity (Wildman–Crippen MR) is 120 cm³/mol. The number of aromatic nitrogens is 7. The van der Waals surface area contributed by atoms with Crippen molar-refractivity contribution in [1.82, 2.24) is 40.7 Å². The number of benzene rings is 1. The van der Waals surface area contributed by atoms with E-state index in [-0.39, 0.29) is 22.9 Å². The van der Waals surface area contributed by atoms with E-state index in [0.29, 0.717) is 29.8 Å². The van der Waals surface area contributed by atoms with Crippen molar-refractivity contribution < 1.29 is 13.6 Å². The highest BCUT2D eigenvalue weighted by Crippen LogP contribution is 2.43. The highest BCUT2D eigenvalue weighted by atomic mass is 19.1. The predicted octanol–water partition coefficient (Wildman–Crippen LogP) is 2.27.